The van der Waals surface area contributed by atoms with Crippen LogP contribution in [0.1, 0.15) is 25.0 Å². The zero-order chi connectivity index (χ0) is 20.1. The first-order chi connectivity index (χ1) is 13.3. The Morgan fingerprint density at radius 2 is 1.93 bits per heavy atom. The first-order valence-corrected chi connectivity index (χ1v) is 10.5. The summed E-state index contributed by atoms with van der Waals surface area (Å²) in [6.45, 7) is 12.6. The number of carbonyl (C=O) groups excluding carboxylic acids is 1. The molecule has 2 heterocycles. The number of ether oxygens (including phenoxy) is 1. The fourth-order valence-electron chi connectivity index (χ4n) is 3.42. The molecule has 0 atom stereocenters. The van der Waals surface area contributed by atoms with Gasteiger partial charge >= 0.3 is 0 Å². The molecule has 1 aromatic heterocycles. The Balaban J connectivity index is 1.55. The van der Waals surface area contributed by atoms with Crippen LogP contribution in [-0.4, -0.2) is 70.3 Å². The maximum Gasteiger partial charge on any atom is 0.230 e. The molecule has 0 radical (unpaired) electrons. The molecule has 1 aliphatic rings. The molecular formula is C19H29N6O2S+. The van der Waals surface area contributed by atoms with E-state index in [4.69, 9.17) is 4.74 Å². The van der Waals surface area contributed by atoms with Crippen molar-refractivity contribution in [2.75, 3.05) is 38.6 Å². The van der Waals surface area contributed by atoms with Crippen molar-refractivity contribution in [3.8, 4) is 5.69 Å². The molecule has 0 unspecified atom stereocenters. The fraction of sp³-hybridized carbons (Fsp3) is 0.579. The SMILES string of the molecule is Cc1cc(C)cc(-n2nnnc2SCC(=O)NCC(C)(C)[NH+]2CCOCC2)c1. The number of nitrogens with zero attached hydrogens (tertiary/aromatic N) is 4. The first kappa shape index (κ1) is 20.8. The first-order valence-electron chi connectivity index (χ1n) is 9.54. The molecule has 3 rings (SSSR count). The van der Waals surface area contributed by atoms with E-state index < -0.39 is 0 Å². The number of tetrazole rings is 1. The van der Waals surface area contributed by atoms with E-state index in [0.717, 1.165) is 43.1 Å². The number of morpholine rings is 1. The molecule has 0 aliphatic carbocycles. The summed E-state index contributed by atoms with van der Waals surface area (Å²) >= 11 is 1.34. The van der Waals surface area contributed by atoms with Crippen LogP contribution in [0.25, 0.3) is 5.69 Å². The second-order valence-corrected chi connectivity index (χ2v) is 8.83. The number of carbonyl (C=O) groups is 1. The molecular weight excluding hydrogens is 376 g/mol. The van der Waals surface area contributed by atoms with Crippen molar-refractivity contribution in [1.82, 2.24) is 25.5 Å². The summed E-state index contributed by atoms with van der Waals surface area (Å²) in [4.78, 5) is 13.8. The second kappa shape index (κ2) is 9.02. The zero-order valence-electron chi connectivity index (χ0n) is 17.0. The van der Waals surface area contributed by atoms with E-state index in [2.05, 4.69) is 40.8 Å². The highest BCUT2D eigenvalue weighted by Crippen LogP contribution is 2.19. The van der Waals surface area contributed by atoms with Gasteiger partial charge in [0.2, 0.25) is 11.1 Å². The Kier molecular flexibility index (Phi) is 6.69. The number of hydrogen-bond acceptors (Lipinski definition) is 6. The Bertz CT molecular complexity index is 796. The van der Waals surface area contributed by atoms with Gasteiger partial charge in [0.05, 0.1) is 31.2 Å². The van der Waals surface area contributed by atoms with Gasteiger partial charge in [0.15, 0.2) is 0 Å². The van der Waals surface area contributed by atoms with Gasteiger partial charge in [-0.3, -0.25) is 4.79 Å². The van der Waals surface area contributed by atoms with Crippen molar-refractivity contribution >= 4 is 17.7 Å². The van der Waals surface area contributed by atoms with Crippen LogP contribution in [0, 0.1) is 13.8 Å². The third-order valence-corrected chi connectivity index (χ3v) is 5.92. The summed E-state index contributed by atoms with van der Waals surface area (Å²) in [7, 11) is 0. The number of hydrogen-bond donors (Lipinski definition) is 2. The van der Waals surface area contributed by atoms with Crippen molar-refractivity contribution < 1.29 is 14.4 Å². The van der Waals surface area contributed by atoms with Crippen molar-refractivity contribution in [3.05, 3.63) is 29.3 Å². The third kappa shape index (κ3) is 5.30. The van der Waals surface area contributed by atoms with E-state index in [1.165, 1.54) is 16.7 Å². The number of nitrogens with one attached hydrogen (secondary N) is 2. The molecule has 9 heteroatoms. The topological polar surface area (TPSA) is 86.4 Å². The highest BCUT2D eigenvalue weighted by atomic mass is 32.2. The van der Waals surface area contributed by atoms with Crippen LogP contribution in [0.15, 0.2) is 23.4 Å². The summed E-state index contributed by atoms with van der Waals surface area (Å²) in [6, 6.07) is 6.16. The molecule has 1 aromatic carbocycles. The van der Waals surface area contributed by atoms with Gasteiger partial charge in [0, 0.05) is 0 Å². The summed E-state index contributed by atoms with van der Waals surface area (Å²) in [6.07, 6.45) is 0. The van der Waals surface area contributed by atoms with Crippen molar-refractivity contribution in [2.24, 2.45) is 0 Å². The minimum absolute atomic E-state index is 0.0132. The highest BCUT2D eigenvalue weighted by molar-refractivity contribution is 7.99. The number of quaternary nitrogens is 1. The fourth-order valence-corrected chi connectivity index (χ4v) is 4.14. The van der Waals surface area contributed by atoms with Crippen LogP contribution < -0.4 is 10.2 Å². The number of amides is 1. The molecule has 28 heavy (non-hydrogen) atoms. The molecule has 1 aliphatic heterocycles. The predicted octanol–water partition coefficient (Wildman–Crippen LogP) is 0.181. The Hall–Kier alpha value is -1.97. The summed E-state index contributed by atoms with van der Waals surface area (Å²) in [5.74, 6) is 0.264. The molecule has 2 N–H and O–H groups in total. The summed E-state index contributed by atoms with van der Waals surface area (Å²) in [5.41, 5.74) is 3.17. The van der Waals surface area contributed by atoms with E-state index in [-0.39, 0.29) is 17.2 Å². The lowest BCUT2D eigenvalue weighted by molar-refractivity contribution is -0.954. The van der Waals surface area contributed by atoms with E-state index >= 15 is 0 Å². The van der Waals surface area contributed by atoms with Gasteiger partial charge in [-0.05, 0) is 61.4 Å². The Labute approximate surface area is 170 Å². The summed E-state index contributed by atoms with van der Waals surface area (Å²) in [5, 5.41) is 15.6. The standard InChI is InChI=1S/C19H28N6O2S/c1-14-9-15(2)11-16(10-14)25-18(21-22-23-25)28-12-17(26)20-13-19(3,4)24-5-7-27-8-6-24/h9-11H,5-8,12-13H2,1-4H3,(H,20,26)/p+1. The van der Waals surface area contributed by atoms with E-state index in [1.807, 2.05) is 26.0 Å². The Morgan fingerprint density at radius 3 is 2.61 bits per heavy atom. The van der Waals surface area contributed by atoms with Crippen LogP contribution in [0.2, 0.25) is 0 Å². The van der Waals surface area contributed by atoms with Gasteiger partial charge in [0.25, 0.3) is 0 Å². The van der Waals surface area contributed by atoms with E-state index in [0.29, 0.717) is 11.7 Å². The van der Waals surface area contributed by atoms with Gasteiger partial charge in [0.1, 0.15) is 18.6 Å². The molecule has 0 saturated carbocycles. The lowest BCUT2D eigenvalue weighted by Crippen LogP contribution is -3.22. The minimum atomic E-state index is -0.0230. The largest absolute Gasteiger partial charge is 0.370 e. The average molecular weight is 406 g/mol. The van der Waals surface area contributed by atoms with Crippen LogP contribution >= 0.6 is 11.8 Å². The highest BCUT2D eigenvalue weighted by Gasteiger charge is 2.32. The maximum absolute atomic E-state index is 12.4. The maximum atomic E-state index is 12.4. The summed E-state index contributed by atoms with van der Waals surface area (Å²) < 4.78 is 7.11. The third-order valence-electron chi connectivity index (χ3n) is 5.01. The van der Waals surface area contributed by atoms with Crippen molar-refractivity contribution in [3.63, 3.8) is 0 Å². The lowest BCUT2D eigenvalue weighted by atomic mass is 10.0. The average Bonchev–Trinajstić information content (AvgIpc) is 3.13. The van der Waals surface area contributed by atoms with Gasteiger partial charge < -0.3 is 15.0 Å². The van der Waals surface area contributed by atoms with Gasteiger partial charge in [-0.15, -0.1) is 5.10 Å². The monoisotopic (exact) mass is 405 g/mol. The lowest BCUT2D eigenvalue weighted by Gasteiger charge is -2.37. The zero-order valence-corrected chi connectivity index (χ0v) is 17.8. The van der Waals surface area contributed by atoms with Gasteiger partial charge in [-0.25, -0.2) is 0 Å². The molecule has 1 amide bonds. The molecule has 0 spiro atoms. The van der Waals surface area contributed by atoms with Crippen LogP contribution in [0.4, 0.5) is 0 Å². The number of aryl methyl sites for hydroxylation is 2. The van der Waals surface area contributed by atoms with Gasteiger partial charge in [-0.2, -0.15) is 4.68 Å². The quantitative estimate of drug-likeness (QED) is 0.639. The second-order valence-electron chi connectivity index (χ2n) is 7.88. The van der Waals surface area contributed by atoms with Crippen LogP contribution in [-0.2, 0) is 9.53 Å². The van der Waals surface area contributed by atoms with E-state index in [1.54, 1.807) is 4.68 Å². The molecule has 152 valence electrons. The van der Waals surface area contributed by atoms with Crippen LogP contribution in [0.5, 0.6) is 0 Å². The normalized spacial score (nSPS) is 15.6. The number of rotatable bonds is 7. The van der Waals surface area contributed by atoms with Gasteiger partial charge in [-0.1, -0.05) is 17.8 Å². The van der Waals surface area contributed by atoms with Crippen molar-refractivity contribution in [1.29, 1.82) is 0 Å². The van der Waals surface area contributed by atoms with Crippen LogP contribution in [0.3, 0.4) is 0 Å². The van der Waals surface area contributed by atoms with Crippen molar-refractivity contribution in [2.45, 2.75) is 38.4 Å². The minimum Gasteiger partial charge on any atom is -0.370 e. The smallest absolute Gasteiger partial charge is 0.230 e. The number of aromatic nitrogens is 4. The molecule has 0 bridgehead atoms. The molecule has 2 aromatic rings. The Morgan fingerprint density at radius 1 is 1.25 bits per heavy atom. The number of benzene rings is 1. The molecule has 1 saturated heterocycles. The van der Waals surface area contributed by atoms with E-state index in [9.17, 15) is 4.79 Å². The molecule has 8 nitrogen and oxygen atoms in total. The predicted molar refractivity (Wildman–Crippen MR) is 108 cm³/mol. The molecule has 1 fully saturated rings. The number of thioether (sulfide) groups is 1.